The molecule has 5 heteroatoms. The zero-order valence-corrected chi connectivity index (χ0v) is 13.4. The first kappa shape index (κ1) is 16.3. The molecule has 0 aromatic heterocycles. The van der Waals surface area contributed by atoms with Crippen LogP contribution in [-0.2, 0) is 6.54 Å². The number of benzene rings is 2. The normalized spacial score (nSPS) is 20.3. The molecular formula is C19H22N2O3. The van der Waals surface area contributed by atoms with Gasteiger partial charge in [-0.1, -0.05) is 42.5 Å². The summed E-state index contributed by atoms with van der Waals surface area (Å²) in [7, 11) is 0. The molecule has 24 heavy (non-hydrogen) atoms. The second-order valence-electron chi connectivity index (χ2n) is 6.04. The maximum atomic E-state index is 10.5. The van der Waals surface area contributed by atoms with Crippen molar-refractivity contribution in [2.75, 3.05) is 13.1 Å². The Morgan fingerprint density at radius 2 is 1.88 bits per heavy atom. The Morgan fingerprint density at radius 1 is 1.12 bits per heavy atom. The highest BCUT2D eigenvalue weighted by atomic mass is 16.5. The number of hydrogen-bond donors (Lipinski definition) is 3. The maximum absolute atomic E-state index is 10.5. The number of ether oxygens (including phenoxy) is 1. The molecule has 5 nitrogen and oxygen atoms in total. The van der Waals surface area contributed by atoms with Gasteiger partial charge in [-0.15, -0.1) is 0 Å². The second kappa shape index (κ2) is 7.84. The average molecular weight is 326 g/mol. The van der Waals surface area contributed by atoms with Gasteiger partial charge >= 0.3 is 6.09 Å². The third-order valence-corrected chi connectivity index (χ3v) is 4.25. The van der Waals surface area contributed by atoms with Gasteiger partial charge in [0.15, 0.2) is 0 Å². The Hall–Kier alpha value is -2.53. The fourth-order valence-corrected chi connectivity index (χ4v) is 3.03. The largest absolute Gasteiger partial charge is 0.489 e. The highest BCUT2D eigenvalue weighted by Crippen LogP contribution is 2.26. The van der Waals surface area contributed by atoms with Crippen LogP contribution in [0.1, 0.15) is 23.5 Å². The van der Waals surface area contributed by atoms with Crippen LogP contribution in [0.15, 0.2) is 54.6 Å². The minimum atomic E-state index is -1.02. The van der Waals surface area contributed by atoms with E-state index in [1.54, 1.807) is 0 Å². The summed E-state index contributed by atoms with van der Waals surface area (Å²) in [5.41, 5.74) is 2.25. The Morgan fingerprint density at radius 3 is 2.58 bits per heavy atom. The van der Waals surface area contributed by atoms with Crippen molar-refractivity contribution in [2.45, 2.75) is 25.0 Å². The van der Waals surface area contributed by atoms with E-state index in [0.29, 0.717) is 12.5 Å². The standard InChI is InChI=1S/C19H22N2O3/c22-19(23)21-11-14-6-8-17(9-7-14)24-18-10-16(12-20-13-18)15-4-2-1-3-5-15/h1-9,16,18,20-21H,10-13H2,(H,22,23). The Kier molecular flexibility index (Phi) is 5.33. The number of piperidine rings is 1. The lowest BCUT2D eigenvalue weighted by molar-refractivity contribution is 0.156. The third kappa shape index (κ3) is 4.49. The van der Waals surface area contributed by atoms with Gasteiger partial charge < -0.3 is 20.5 Å². The molecule has 1 fully saturated rings. The lowest BCUT2D eigenvalue weighted by Gasteiger charge is -2.30. The van der Waals surface area contributed by atoms with Gasteiger partial charge in [0.25, 0.3) is 0 Å². The lowest BCUT2D eigenvalue weighted by Crippen LogP contribution is -2.41. The molecule has 0 bridgehead atoms. The lowest BCUT2D eigenvalue weighted by atomic mass is 9.90. The van der Waals surface area contributed by atoms with Crippen molar-refractivity contribution in [3.05, 3.63) is 65.7 Å². The van der Waals surface area contributed by atoms with Crippen molar-refractivity contribution in [3.8, 4) is 5.75 Å². The highest BCUT2D eigenvalue weighted by molar-refractivity contribution is 5.64. The van der Waals surface area contributed by atoms with Gasteiger partial charge in [0.1, 0.15) is 11.9 Å². The second-order valence-corrected chi connectivity index (χ2v) is 6.04. The Bertz CT molecular complexity index is 658. The van der Waals surface area contributed by atoms with Crippen molar-refractivity contribution < 1.29 is 14.6 Å². The minimum Gasteiger partial charge on any atom is -0.489 e. The molecule has 3 N–H and O–H groups in total. The number of carboxylic acid groups (broad SMARTS) is 1. The van der Waals surface area contributed by atoms with Gasteiger partial charge in [0.05, 0.1) is 0 Å². The van der Waals surface area contributed by atoms with Gasteiger partial charge in [0.2, 0.25) is 0 Å². The van der Waals surface area contributed by atoms with Gasteiger partial charge in [-0.25, -0.2) is 4.79 Å². The van der Waals surface area contributed by atoms with Crippen molar-refractivity contribution in [3.63, 3.8) is 0 Å². The summed E-state index contributed by atoms with van der Waals surface area (Å²) in [5.74, 6) is 1.28. The van der Waals surface area contributed by atoms with E-state index < -0.39 is 6.09 Å². The van der Waals surface area contributed by atoms with E-state index >= 15 is 0 Å². The predicted molar refractivity (Wildman–Crippen MR) is 92.4 cm³/mol. The van der Waals surface area contributed by atoms with Gasteiger partial charge in [-0.05, 0) is 35.6 Å². The smallest absolute Gasteiger partial charge is 0.404 e. The van der Waals surface area contributed by atoms with E-state index in [0.717, 1.165) is 30.8 Å². The van der Waals surface area contributed by atoms with Crippen molar-refractivity contribution in [2.24, 2.45) is 0 Å². The fraction of sp³-hybridized carbons (Fsp3) is 0.316. The molecule has 3 rings (SSSR count). The summed E-state index contributed by atoms with van der Waals surface area (Å²) in [6, 6.07) is 18.1. The van der Waals surface area contributed by atoms with Crippen LogP contribution in [-0.4, -0.2) is 30.4 Å². The molecule has 2 atom stereocenters. The molecule has 1 aliphatic heterocycles. The first-order valence-electron chi connectivity index (χ1n) is 8.19. The van der Waals surface area contributed by atoms with E-state index in [1.165, 1.54) is 5.56 Å². The molecule has 2 aromatic rings. The van der Waals surface area contributed by atoms with Crippen LogP contribution in [0.2, 0.25) is 0 Å². The third-order valence-electron chi connectivity index (χ3n) is 4.25. The van der Waals surface area contributed by atoms with E-state index in [-0.39, 0.29) is 6.10 Å². The number of nitrogens with one attached hydrogen (secondary N) is 2. The maximum Gasteiger partial charge on any atom is 0.404 e. The highest BCUT2D eigenvalue weighted by Gasteiger charge is 2.24. The molecule has 2 unspecified atom stereocenters. The first-order valence-corrected chi connectivity index (χ1v) is 8.19. The van der Waals surface area contributed by atoms with Crippen LogP contribution >= 0.6 is 0 Å². The zero-order chi connectivity index (χ0) is 16.8. The van der Waals surface area contributed by atoms with Crippen LogP contribution in [0, 0.1) is 0 Å². The van der Waals surface area contributed by atoms with Gasteiger partial charge in [-0.3, -0.25) is 0 Å². The van der Waals surface area contributed by atoms with E-state index in [1.807, 2.05) is 30.3 Å². The fourth-order valence-electron chi connectivity index (χ4n) is 3.03. The summed E-state index contributed by atoms with van der Waals surface area (Å²) in [5, 5.41) is 14.4. The zero-order valence-electron chi connectivity index (χ0n) is 13.4. The van der Waals surface area contributed by atoms with Crippen LogP contribution in [0.3, 0.4) is 0 Å². The van der Waals surface area contributed by atoms with Crippen LogP contribution in [0.5, 0.6) is 5.75 Å². The molecular weight excluding hydrogens is 304 g/mol. The predicted octanol–water partition coefficient (Wildman–Crippen LogP) is 2.98. The van der Waals surface area contributed by atoms with Crippen molar-refractivity contribution in [1.82, 2.24) is 10.6 Å². The summed E-state index contributed by atoms with van der Waals surface area (Å²) >= 11 is 0. The Labute approximate surface area is 141 Å². The number of rotatable bonds is 5. The molecule has 1 heterocycles. The summed E-state index contributed by atoms with van der Waals surface area (Å²) < 4.78 is 6.09. The van der Waals surface area contributed by atoms with Crippen LogP contribution < -0.4 is 15.4 Å². The number of hydrogen-bond acceptors (Lipinski definition) is 3. The average Bonchev–Trinajstić information content (AvgIpc) is 2.62. The molecule has 0 radical (unpaired) electrons. The molecule has 1 saturated heterocycles. The number of amides is 1. The van der Waals surface area contributed by atoms with Crippen LogP contribution in [0.4, 0.5) is 4.79 Å². The van der Waals surface area contributed by atoms with E-state index in [2.05, 4.69) is 34.9 Å². The number of carbonyl (C=O) groups is 1. The molecule has 1 aliphatic rings. The monoisotopic (exact) mass is 326 g/mol. The quantitative estimate of drug-likeness (QED) is 0.790. The molecule has 0 spiro atoms. The van der Waals surface area contributed by atoms with Gasteiger partial charge in [-0.2, -0.15) is 0 Å². The van der Waals surface area contributed by atoms with E-state index in [9.17, 15) is 4.79 Å². The molecule has 2 aromatic carbocycles. The summed E-state index contributed by atoms with van der Waals surface area (Å²) in [6.07, 6.45) is 0.0989. The van der Waals surface area contributed by atoms with E-state index in [4.69, 9.17) is 9.84 Å². The van der Waals surface area contributed by atoms with Crippen LogP contribution in [0.25, 0.3) is 0 Å². The summed E-state index contributed by atoms with van der Waals surface area (Å²) in [4.78, 5) is 10.5. The topological polar surface area (TPSA) is 70.6 Å². The van der Waals surface area contributed by atoms with Gasteiger partial charge in [0, 0.05) is 19.6 Å². The molecule has 126 valence electrons. The molecule has 1 amide bonds. The Balaban J connectivity index is 1.56. The first-order chi connectivity index (χ1) is 11.7. The minimum absolute atomic E-state index is 0.131. The molecule has 0 aliphatic carbocycles. The van der Waals surface area contributed by atoms with Crippen molar-refractivity contribution in [1.29, 1.82) is 0 Å². The molecule has 0 saturated carbocycles. The SMILES string of the molecule is O=C(O)NCc1ccc(OC2CNCC(c3ccccc3)C2)cc1. The van der Waals surface area contributed by atoms with Crippen molar-refractivity contribution >= 4 is 6.09 Å². The summed E-state index contributed by atoms with van der Waals surface area (Å²) in [6.45, 7) is 2.12.